The van der Waals surface area contributed by atoms with Gasteiger partial charge in [0.1, 0.15) is 0 Å². The van der Waals surface area contributed by atoms with Gasteiger partial charge in [0.25, 0.3) is 0 Å². The van der Waals surface area contributed by atoms with Gasteiger partial charge in [0.15, 0.2) is 14.6 Å². The van der Waals surface area contributed by atoms with Gasteiger partial charge in [-0.15, -0.1) is 23.5 Å². The molecule has 0 saturated carbocycles. The minimum atomic E-state index is -2.08. The maximum atomic E-state index is 11.1. The highest BCUT2D eigenvalue weighted by Gasteiger charge is 2.50. The summed E-state index contributed by atoms with van der Waals surface area (Å²) in [5.41, 5.74) is 1.12. The van der Waals surface area contributed by atoms with Gasteiger partial charge in [-0.2, -0.15) is 0 Å². The largest absolute Gasteiger partial charge is 0.413 e. The van der Waals surface area contributed by atoms with Crippen molar-refractivity contribution in [3.8, 4) is 0 Å². The van der Waals surface area contributed by atoms with Crippen LogP contribution in [0.1, 0.15) is 53.0 Å². The lowest BCUT2D eigenvalue weighted by Crippen LogP contribution is -2.54. The molecule has 0 amide bonds. The topological polar surface area (TPSA) is 57.2 Å². The highest BCUT2D eigenvalue weighted by atomic mass is 32.2. The molecule has 1 saturated heterocycles. The van der Waals surface area contributed by atoms with Crippen LogP contribution in [0.25, 0.3) is 0 Å². The lowest BCUT2D eigenvalue weighted by atomic mass is 9.87. The molecule has 0 radical (unpaired) electrons. The van der Waals surface area contributed by atoms with E-state index in [0.717, 1.165) is 17.1 Å². The number of ether oxygens (including phenoxy) is 3. The fourth-order valence-corrected chi connectivity index (χ4v) is 9.70. The zero-order valence-corrected chi connectivity index (χ0v) is 26.5. The van der Waals surface area contributed by atoms with E-state index in [1.54, 1.807) is 14.2 Å². The van der Waals surface area contributed by atoms with Crippen LogP contribution in [0.3, 0.4) is 0 Å². The molecule has 0 spiro atoms. The summed E-state index contributed by atoms with van der Waals surface area (Å²) in [5.74, 6) is 2.39. The molecule has 1 N–H and O–H groups in total. The molecule has 0 aromatic heterocycles. The molecule has 5 nitrogen and oxygen atoms in total. The van der Waals surface area contributed by atoms with Gasteiger partial charge in [0.2, 0.25) is 0 Å². The molecule has 1 aliphatic heterocycles. The van der Waals surface area contributed by atoms with E-state index in [1.807, 2.05) is 41.7 Å². The Morgan fingerprint density at radius 3 is 2.14 bits per heavy atom. The van der Waals surface area contributed by atoms with E-state index in [4.69, 9.17) is 18.6 Å². The molecule has 2 rings (SSSR count). The van der Waals surface area contributed by atoms with Gasteiger partial charge in [-0.25, -0.2) is 0 Å². The van der Waals surface area contributed by atoms with Crippen molar-refractivity contribution in [2.24, 2.45) is 11.8 Å². The Bertz CT molecular complexity index is 748. The summed E-state index contributed by atoms with van der Waals surface area (Å²) in [7, 11) is 1.33. The first-order valence-corrected chi connectivity index (χ1v) is 18.1. The average Bonchev–Trinajstić information content (AvgIpc) is 2.83. The molecule has 1 aromatic rings. The fraction of sp³-hybridized carbons (Fsp3) is 0.786. The van der Waals surface area contributed by atoms with E-state index in [2.05, 4.69) is 59.8 Å². The molecule has 0 bridgehead atoms. The van der Waals surface area contributed by atoms with Crippen LogP contribution in [-0.4, -0.2) is 68.3 Å². The number of hydrogen-bond acceptors (Lipinski definition) is 7. The Kier molecular flexibility index (Phi) is 12.8. The van der Waals surface area contributed by atoms with E-state index < -0.39 is 14.4 Å². The number of rotatable bonds is 14. The van der Waals surface area contributed by atoms with Crippen molar-refractivity contribution in [3.05, 3.63) is 35.9 Å². The lowest BCUT2D eigenvalue weighted by molar-refractivity contribution is -0.160. The monoisotopic (exact) mass is 558 g/mol. The first-order valence-electron chi connectivity index (χ1n) is 13.2. The van der Waals surface area contributed by atoms with E-state index in [0.29, 0.717) is 19.6 Å². The zero-order valence-electron chi connectivity index (χ0n) is 23.9. The van der Waals surface area contributed by atoms with Gasteiger partial charge in [0, 0.05) is 26.1 Å². The number of aliphatic hydroxyl groups is 1. The van der Waals surface area contributed by atoms with E-state index in [1.165, 1.54) is 6.42 Å². The van der Waals surface area contributed by atoms with Crippen LogP contribution in [0.15, 0.2) is 30.3 Å². The van der Waals surface area contributed by atoms with Crippen LogP contribution >= 0.6 is 23.5 Å². The second-order valence-corrected chi connectivity index (χ2v) is 19.4. The molecule has 8 heteroatoms. The second kappa shape index (κ2) is 14.4. The van der Waals surface area contributed by atoms with Crippen LogP contribution in [-0.2, 0) is 25.2 Å². The minimum Gasteiger partial charge on any atom is -0.413 e. The summed E-state index contributed by atoms with van der Waals surface area (Å²) < 4.78 is 24.3. The SMILES string of the molecule is COC(OC)[C@H](C)[C@@H](O[Si](C)(C)C(C)(C)C)[C@@H](C)C1(C[C@H](O)COCc2ccccc2)SCCCS1. The molecule has 1 heterocycles. The van der Waals surface area contributed by atoms with Gasteiger partial charge in [0.05, 0.1) is 29.5 Å². The van der Waals surface area contributed by atoms with E-state index >= 15 is 0 Å². The number of aliphatic hydroxyl groups excluding tert-OH is 1. The summed E-state index contributed by atoms with van der Waals surface area (Å²) in [4.78, 5) is 0. The number of benzene rings is 1. The Balaban J connectivity index is 2.25. The third kappa shape index (κ3) is 8.73. The van der Waals surface area contributed by atoms with Crippen LogP contribution in [0.4, 0.5) is 0 Å². The normalized spacial score (nSPS) is 20.2. The molecule has 0 unspecified atom stereocenters. The summed E-state index contributed by atoms with van der Waals surface area (Å²) in [6, 6.07) is 10.1. The van der Waals surface area contributed by atoms with Crippen molar-refractivity contribution >= 4 is 31.8 Å². The zero-order chi connectivity index (χ0) is 27.0. The highest BCUT2D eigenvalue weighted by molar-refractivity contribution is 8.18. The third-order valence-corrected chi connectivity index (χ3v) is 16.0. The first-order chi connectivity index (χ1) is 16.9. The van der Waals surface area contributed by atoms with Crippen LogP contribution < -0.4 is 0 Å². The van der Waals surface area contributed by atoms with Gasteiger partial charge in [-0.05, 0) is 48.0 Å². The summed E-state index contributed by atoms with van der Waals surface area (Å²) in [5, 5.41) is 11.2. The molecular formula is C28H50O5S2Si. The summed E-state index contributed by atoms with van der Waals surface area (Å²) >= 11 is 3.97. The maximum Gasteiger partial charge on any atom is 0.192 e. The van der Waals surface area contributed by atoms with Crippen LogP contribution in [0.2, 0.25) is 18.1 Å². The van der Waals surface area contributed by atoms with Gasteiger partial charge < -0.3 is 23.7 Å². The predicted octanol–water partition coefficient (Wildman–Crippen LogP) is 6.80. The summed E-state index contributed by atoms with van der Waals surface area (Å²) in [6.07, 6.45) is 0.890. The average molecular weight is 559 g/mol. The molecule has 1 fully saturated rings. The Hall–Kier alpha value is -0.0631. The van der Waals surface area contributed by atoms with E-state index in [9.17, 15) is 5.11 Å². The highest BCUT2D eigenvalue weighted by Crippen LogP contribution is 2.54. The minimum absolute atomic E-state index is 0.0376. The molecule has 36 heavy (non-hydrogen) atoms. The maximum absolute atomic E-state index is 11.1. The Morgan fingerprint density at radius 2 is 1.61 bits per heavy atom. The smallest absolute Gasteiger partial charge is 0.192 e. The van der Waals surface area contributed by atoms with Crippen molar-refractivity contribution in [1.82, 2.24) is 0 Å². The van der Waals surface area contributed by atoms with Gasteiger partial charge >= 0.3 is 0 Å². The number of thioether (sulfide) groups is 2. The first kappa shape index (κ1) is 32.2. The lowest BCUT2D eigenvalue weighted by Gasteiger charge is -2.50. The van der Waals surface area contributed by atoms with Crippen molar-refractivity contribution in [2.75, 3.05) is 32.3 Å². The number of hydrogen-bond donors (Lipinski definition) is 1. The van der Waals surface area contributed by atoms with Crippen molar-refractivity contribution in [2.45, 2.75) is 94.8 Å². The third-order valence-electron chi connectivity index (χ3n) is 7.76. The molecular weight excluding hydrogens is 509 g/mol. The molecule has 1 aliphatic rings. The number of methoxy groups -OCH3 is 2. The molecule has 4 atom stereocenters. The van der Waals surface area contributed by atoms with Gasteiger partial charge in [-0.1, -0.05) is 65.0 Å². The Labute approximate surface area is 229 Å². The summed E-state index contributed by atoms with van der Waals surface area (Å²) in [6.45, 7) is 16.8. The standard InChI is InChI=1S/C28H50O5S2Si/c1-21(26(30-6)31-7)25(33-36(8,9)27(3,4)5)22(2)28(34-16-13-17-35-28)18-24(29)20-32-19-23-14-11-10-12-15-23/h10-12,14-15,21-22,24-26,29H,13,16-20H2,1-9H3/t21-,22-,24+,25-/m1/s1. The van der Waals surface area contributed by atoms with E-state index in [-0.39, 0.29) is 33.3 Å². The van der Waals surface area contributed by atoms with Crippen molar-refractivity contribution < 1.29 is 23.7 Å². The quantitative estimate of drug-likeness (QED) is 0.199. The predicted molar refractivity (Wildman–Crippen MR) is 157 cm³/mol. The molecule has 208 valence electrons. The Morgan fingerprint density at radius 1 is 1.03 bits per heavy atom. The van der Waals surface area contributed by atoms with Crippen LogP contribution in [0.5, 0.6) is 0 Å². The van der Waals surface area contributed by atoms with Crippen molar-refractivity contribution in [3.63, 3.8) is 0 Å². The fourth-order valence-electron chi connectivity index (χ4n) is 4.54. The second-order valence-electron chi connectivity index (χ2n) is 11.6. The van der Waals surface area contributed by atoms with Crippen LogP contribution in [0, 0.1) is 11.8 Å². The van der Waals surface area contributed by atoms with Crippen molar-refractivity contribution in [1.29, 1.82) is 0 Å². The molecule has 1 aromatic carbocycles. The van der Waals surface area contributed by atoms with Gasteiger partial charge in [-0.3, -0.25) is 0 Å². The molecule has 0 aliphatic carbocycles.